The molecule has 1 aliphatic rings. The van der Waals surface area contributed by atoms with E-state index in [0.717, 1.165) is 18.3 Å². The topological polar surface area (TPSA) is 58.7 Å². The number of pyridine rings is 1. The molecule has 0 radical (unpaired) electrons. The number of anilines is 1. The molecule has 11 heteroatoms. The number of halogens is 5. The van der Waals surface area contributed by atoms with Crippen molar-refractivity contribution in [1.82, 2.24) is 19.4 Å². The highest BCUT2D eigenvalue weighted by atomic mass is 19.4. The molecule has 1 aromatic carbocycles. The molecule has 6 nitrogen and oxygen atoms in total. The molecule has 3 aromatic heterocycles. The van der Waals surface area contributed by atoms with E-state index >= 15 is 4.39 Å². The van der Waals surface area contributed by atoms with E-state index in [1.165, 1.54) is 35.0 Å². The standard InChI is InChI=1S/C22H13F5N6/c23-15-5-4-14(18(24)17(15)13-3-1-7-28-11-13)19-20(32-9-2-8-29-12-32)33-10-6-16(22(25,26)27)30-21(33)31-19/h1-11H,12H2. The molecular weight excluding hydrogens is 443 g/mol. The fourth-order valence-corrected chi connectivity index (χ4v) is 3.57. The largest absolute Gasteiger partial charge is 0.433 e. The summed E-state index contributed by atoms with van der Waals surface area (Å²) in [6, 6.07) is 6.12. The van der Waals surface area contributed by atoms with Crippen LogP contribution in [0, 0.1) is 11.6 Å². The minimum absolute atomic E-state index is 0.00813. The van der Waals surface area contributed by atoms with Crippen molar-refractivity contribution >= 4 is 17.8 Å². The smallest absolute Gasteiger partial charge is 0.312 e. The van der Waals surface area contributed by atoms with Gasteiger partial charge in [-0.1, -0.05) is 6.07 Å². The molecule has 0 unspecified atom stereocenters. The van der Waals surface area contributed by atoms with Gasteiger partial charge in [-0.25, -0.2) is 18.7 Å². The van der Waals surface area contributed by atoms with Gasteiger partial charge in [-0.15, -0.1) is 0 Å². The average molecular weight is 456 g/mol. The van der Waals surface area contributed by atoms with Gasteiger partial charge in [-0.2, -0.15) is 13.2 Å². The first-order chi connectivity index (χ1) is 15.8. The molecule has 4 aromatic rings. The zero-order valence-corrected chi connectivity index (χ0v) is 16.6. The number of rotatable bonds is 3. The van der Waals surface area contributed by atoms with Gasteiger partial charge >= 0.3 is 6.18 Å². The first kappa shape index (κ1) is 20.7. The Kier molecular flexibility index (Phi) is 4.88. The van der Waals surface area contributed by atoms with Crippen molar-refractivity contribution < 1.29 is 22.0 Å². The third-order valence-electron chi connectivity index (χ3n) is 5.02. The van der Waals surface area contributed by atoms with Crippen LogP contribution in [0.4, 0.5) is 27.8 Å². The zero-order chi connectivity index (χ0) is 23.2. The summed E-state index contributed by atoms with van der Waals surface area (Å²) in [6.45, 7) is 0.122. The monoisotopic (exact) mass is 456 g/mol. The fraction of sp³-hybridized carbons (Fsp3) is 0.0909. The number of aromatic nitrogens is 4. The summed E-state index contributed by atoms with van der Waals surface area (Å²) >= 11 is 0. The van der Waals surface area contributed by atoms with Gasteiger partial charge in [0.2, 0.25) is 5.78 Å². The molecule has 33 heavy (non-hydrogen) atoms. The second kappa shape index (κ2) is 7.76. The molecule has 0 saturated heterocycles. The molecular formula is C22H13F5N6. The van der Waals surface area contributed by atoms with E-state index in [4.69, 9.17) is 0 Å². The first-order valence-electron chi connectivity index (χ1n) is 9.63. The summed E-state index contributed by atoms with van der Waals surface area (Å²) in [5.41, 5.74) is -1.36. The third-order valence-corrected chi connectivity index (χ3v) is 5.02. The number of imidazole rings is 1. The molecule has 0 fully saturated rings. The second-order valence-corrected chi connectivity index (χ2v) is 7.07. The molecule has 0 N–H and O–H groups in total. The van der Waals surface area contributed by atoms with Crippen molar-refractivity contribution in [3.63, 3.8) is 0 Å². The Labute approximate surface area is 183 Å². The van der Waals surface area contributed by atoms with E-state index in [-0.39, 0.29) is 40.6 Å². The normalized spacial score (nSPS) is 13.8. The van der Waals surface area contributed by atoms with Gasteiger partial charge in [0.1, 0.15) is 35.5 Å². The highest BCUT2D eigenvalue weighted by molar-refractivity contribution is 5.83. The molecule has 0 amide bonds. The summed E-state index contributed by atoms with van der Waals surface area (Å²) in [6.07, 6.45) is 4.06. The highest BCUT2D eigenvalue weighted by Gasteiger charge is 2.34. The molecule has 1 aliphatic heterocycles. The Bertz CT molecular complexity index is 1410. The molecule has 0 bridgehead atoms. The summed E-state index contributed by atoms with van der Waals surface area (Å²) < 4.78 is 71.2. The minimum atomic E-state index is -4.68. The molecule has 0 saturated carbocycles. The van der Waals surface area contributed by atoms with Crippen LogP contribution in [-0.4, -0.2) is 32.2 Å². The Morgan fingerprint density at radius 2 is 1.85 bits per heavy atom. The number of fused-ring (bicyclic) bond motifs is 1. The Hall–Kier alpha value is -4.15. The maximum absolute atomic E-state index is 15.7. The second-order valence-electron chi connectivity index (χ2n) is 7.07. The predicted molar refractivity (Wildman–Crippen MR) is 112 cm³/mol. The lowest BCUT2D eigenvalue weighted by Crippen LogP contribution is -2.21. The third kappa shape index (κ3) is 3.60. The van der Waals surface area contributed by atoms with Crippen molar-refractivity contribution in [2.24, 2.45) is 4.99 Å². The lowest BCUT2D eigenvalue weighted by atomic mass is 10.0. The van der Waals surface area contributed by atoms with Crippen LogP contribution >= 0.6 is 0 Å². The van der Waals surface area contributed by atoms with Gasteiger partial charge in [-0.3, -0.25) is 14.4 Å². The van der Waals surface area contributed by atoms with E-state index in [0.29, 0.717) is 0 Å². The van der Waals surface area contributed by atoms with Crippen molar-refractivity contribution in [3.8, 4) is 22.4 Å². The maximum Gasteiger partial charge on any atom is 0.433 e. The fourth-order valence-electron chi connectivity index (χ4n) is 3.57. The van der Waals surface area contributed by atoms with Crippen molar-refractivity contribution in [3.05, 3.63) is 78.5 Å². The number of alkyl halides is 3. The van der Waals surface area contributed by atoms with Gasteiger partial charge in [0.25, 0.3) is 0 Å². The lowest BCUT2D eigenvalue weighted by molar-refractivity contribution is -0.141. The SMILES string of the molecule is Fc1ccc(-c2nc3nc(C(F)(F)F)ccn3c2N2C=CC=NC2)c(F)c1-c1cccnc1. The summed E-state index contributed by atoms with van der Waals surface area (Å²) in [7, 11) is 0. The van der Waals surface area contributed by atoms with Crippen LogP contribution in [0.3, 0.4) is 0 Å². The quantitative estimate of drug-likeness (QED) is 0.402. The summed E-state index contributed by atoms with van der Waals surface area (Å²) in [5.74, 6) is -1.78. The van der Waals surface area contributed by atoms with E-state index < -0.39 is 23.5 Å². The molecule has 0 atom stereocenters. The van der Waals surface area contributed by atoms with Crippen molar-refractivity contribution in [2.75, 3.05) is 11.6 Å². The van der Waals surface area contributed by atoms with Crippen LogP contribution < -0.4 is 4.90 Å². The van der Waals surface area contributed by atoms with E-state index in [2.05, 4.69) is 19.9 Å². The lowest BCUT2D eigenvalue weighted by Gasteiger charge is -2.21. The highest BCUT2D eigenvalue weighted by Crippen LogP contribution is 2.38. The first-order valence-corrected chi connectivity index (χ1v) is 9.63. The van der Waals surface area contributed by atoms with Crippen LogP contribution in [0.1, 0.15) is 5.69 Å². The maximum atomic E-state index is 15.7. The van der Waals surface area contributed by atoms with Crippen molar-refractivity contribution in [1.29, 1.82) is 0 Å². The molecule has 4 heterocycles. The van der Waals surface area contributed by atoms with E-state index in [9.17, 15) is 17.6 Å². The number of nitrogens with zero attached hydrogens (tertiary/aromatic N) is 6. The van der Waals surface area contributed by atoms with Gasteiger partial charge in [0, 0.05) is 42.1 Å². The number of benzene rings is 1. The predicted octanol–water partition coefficient (Wildman–Crippen LogP) is 5.12. The molecule has 166 valence electrons. The Balaban J connectivity index is 1.77. The van der Waals surface area contributed by atoms with Gasteiger partial charge in [-0.05, 0) is 30.3 Å². The Morgan fingerprint density at radius 1 is 1.00 bits per heavy atom. The van der Waals surface area contributed by atoms with Crippen LogP contribution in [-0.2, 0) is 6.18 Å². The van der Waals surface area contributed by atoms with E-state index in [1.54, 1.807) is 23.4 Å². The summed E-state index contributed by atoms with van der Waals surface area (Å²) in [5, 5.41) is 0. The number of hydrogen-bond acceptors (Lipinski definition) is 5. The number of aliphatic imine (C=N–C) groups is 1. The average Bonchev–Trinajstić information content (AvgIpc) is 3.18. The number of hydrogen-bond donors (Lipinski definition) is 0. The van der Waals surface area contributed by atoms with Gasteiger partial charge < -0.3 is 4.90 Å². The molecule has 0 spiro atoms. The summed E-state index contributed by atoms with van der Waals surface area (Å²) in [4.78, 5) is 17.4. The van der Waals surface area contributed by atoms with Crippen LogP contribution in [0.2, 0.25) is 0 Å². The van der Waals surface area contributed by atoms with Crippen LogP contribution in [0.15, 0.2) is 66.2 Å². The molecule has 5 rings (SSSR count). The van der Waals surface area contributed by atoms with Crippen LogP contribution in [0.25, 0.3) is 28.2 Å². The van der Waals surface area contributed by atoms with Gasteiger partial charge in [0.05, 0.1) is 5.56 Å². The van der Waals surface area contributed by atoms with Crippen molar-refractivity contribution in [2.45, 2.75) is 6.18 Å². The van der Waals surface area contributed by atoms with Crippen LogP contribution in [0.5, 0.6) is 0 Å². The van der Waals surface area contributed by atoms with E-state index in [1.807, 2.05) is 0 Å². The zero-order valence-electron chi connectivity index (χ0n) is 16.6. The van der Waals surface area contributed by atoms with Gasteiger partial charge in [0.15, 0.2) is 0 Å². The minimum Gasteiger partial charge on any atom is -0.312 e. The molecule has 0 aliphatic carbocycles. The number of allylic oxidation sites excluding steroid dienone is 1. The Morgan fingerprint density at radius 3 is 2.55 bits per heavy atom.